The number of Topliss-reactive ketones (excluding diaryl/α,β-unsaturated/α-hetero) is 1. The van der Waals surface area contributed by atoms with Gasteiger partial charge in [-0.2, -0.15) is 0 Å². The topological polar surface area (TPSA) is 43.4 Å². The Morgan fingerprint density at radius 3 is 2.53 bits per heavy atom. The highest BCUT2D eigenvalue weighted by Gasteiger charge is 2.22. The van der Waals surface area contributed by atoms with E-state index in [2.05, 4.69) is 11.8 Å². The molecule has 0 rings (SSSR count). The summed E-state index contributed by atoms with van der Waals surface area (Å²) in [5.41, 5.74) is 0. The molecule has 0 spiro atoms. The summed E-state index contributed by atoms with van der Waals surface area (Å²) in [7, 11) is -1.35. The minimum Gasteiger partial charge on any atom is -0.332 e. The van der Waals surface area contributed by atoms with Crippen LogP contribution in [0.5, 0.6) is 0 Å². The van der Waals surface area contributed by atoms with Crippen molar-refractivity contribution in [1.29, 1.82) is 0 Å². The maximum atomic E-state index is 11.6. The Labute approximate surface area is 92.0 Å². The maximum Gasteiger partial charge on any atom is 0.207 e. The van der Waals surface area contributed by atoms with Crippen LogP contribution in [0, 0.1) is 17.8 Å². The molecule has 0 amide bonds. The Morgan fingerprint density at radius 1 is 1.47 bits per heavy atom. The second kappa shape index (κ2) is 6.82. The summed E-state index contributed by atoms with van der Waals surface area (Å²) in [5.74, 6) is 5.63. The number of hydrogen-bond donors (Lipinski definition) is 0. The molecule has 0 aliphatic carbocycles. The average molecular weight is 230 g/mol. The lowest BCUT2D eigenvalue weighted by Crippen LogP contribution is -2.15. The van der Waals surface area contributed by atoms with E-state index < -0.39 is 7.37 Å². The Balaban J connectivity index is 4.16. The third-order valence-corrected chi connectivity index (χ3v) is 3.75. The first-order chi connectivity index (χ1) is 6.93. The molecule has 0 aromatic rings. The highest BCUT2D eigenvalue weighted by molar-refractivity contribution is 7.59. The van der Waals surface area contributed by atoms with Gasteiger partial charge in [-0.25, -0.2) is 0 Å². The molecule has 15 heavy (non-hydrogen) atoms. The molecule has 86 valence electrons. The highest BCUT2D eigenvalue weighted by atomic mass is 31.2. The van der Waals surface area contributed by atoms with Crippen LogP contribution in [0.25, 0.3) is 0 Å². The van der Waals surface area contributed by atoms with E-state index in [0.29, 0.717) is 6.42 Å². The first kappa shape index (κ1) is 14.4. The molecular formula is C11H19O3P. The normalized spacial score (nSPS) is 16.0. The van der Waals surface area contributed by atoms with Crippen molar-refractivity contribution in [3.8, 4) is 11.8 Å². The molecule has 0 heterocycles. The fourth-order valence-corrected chi connectivity index (χ4v) is 1.97. The molecule has 0 aliphatic heterocycles. The Bertz CT molecular complexity index is 312. The zero-order valence-electron chi connectivity index (χ0n) is 9.87. The Morgan fingerprint density at radius 2 is 2.07 bits per heavy atom. The smallest absolute Gasteiger partial charge is 0.207 e. The molecule has 3 nitrogen and oxygen atoms in total. The molecule has 0 aliphatic rings. The fourth-order valence-electron chi connectivity index (χ4n) is 0.968. The molecule has 0 saturated carbocycles. The third kappa shape index (κ3) is 6.49. The third-order valence-electron chi connectivity index (χ3n) is 2.09. The lowest BCUT2D eigenvalue weighted by Gasteiger charge is -2.12. The van der Waals surface area contributed by atoms with Gasteiger partial charge in [-0.05, 0) is 0 Å². The van der Waals surface area contributed by atoms with E-state index in [1.165, 1.54) is 13.8 Å². The minimum absolute atomic E-state index is 0.0124. The van der Waals surface area contributed by atoms with Crippen LogP contribution in [0.15, 0.2) is 0 Å². The number of carbonyl (C=O) groups is 1. The SMILES string of the molecule is CCC#CCC(C)C(=O)CP(C)(=O)OC. The van der Waals surface area contributed by atoms with Crippen LogP contribution in [0.4, 0.5) is 0 Å². The van der Waals surface area contributed by atoms with Crippen molar-refractivity contribution in [3.05, 3.63) is 0 Å². The van der Waals surface area contributed by atoms with Crippen molar-refractivity contribution in [2.24, 2.45) is 5.92 Å². The van der Waals surface area contributed by atoms with Gasteiger partial charge in [-0.1, -0.05) is 13.8 Å². The van der Waals surface area contributed by atoms with Crippen molar-refractivity contribution in [2.45, 2.75) is 26.7 Å². The standard InChI is InChI=1S/C11H19O3P/c1-5-6-7-8-10(2)11(12)9-15(4,13)14-3/h10H,5,8-9H2,1-4H3. The quantitative estimate of drug-likeness (QED) is 0.538. The number of rotatable bonds is 5. The monoisotopic (exact) mass is 230 g/mol. The molecule has 0 saturated heterocycles. The Kier molecular flexibility index (Phi) is 6.56. The van der Waals surface area contributed by atoms with E-state index in [0.717, 1.165) is 6.42 Å². The molecular weight excluding hydrogens is 211 g/mol. The first-order valence-electron chi connectivity index (χ1n) is 5.03. The second-order valence-corrected chi connectivity index (χ2v) is 6.34. The van der Waals surface area contributed by atoms with Gasteiger partial charge in [0.05, 0.1) is 6.16 Å². The molecule has 0 fully saturated rings. The highest BCUT2D eigenvalue weighted by Crippen LogP contribution is 2.41. The lowest BCUT2D eigenvalue weighted by molar-refractivity contribution is -0.119. The van der Waals surface area contributed by atoms with Gasteiger partial charge in [-0.3, -0.25) is 9.36 Å². The van der Waals surface area contributed by atoms with Crippen LogP contribution in [0.3, 0.4) is 0 Å². The predicted octanol–water partition coefficient (Wildman–Crippen LogP) is 2.55. The molecule has 0 aromatic heterocycles. The van der Waals surface area contributed by atoms with Gasteiger partial charge in [0.1, 0.15) is 5.78 Å². The largest absolute Gasteiger partial charge is 0.332 e. The summed E-state index contributed by atoms with van der Waals surface area (Å²) >= 11 is 0. The van der Waals surface area contributed by atoms with E-state index >= 15 is 0 Å². The van der Waals surface area contributed by atoms with E-state index in [4.69, 9.17) is 4.52 Å². The van der Waals surface area contributed by atoms with E-state index in [1.54, 1.807) is 0 Å². The Hall–Kier alpha value is -0.580. The van der Waals surface area contributed by atoms with Crippen LogP contribution in [-0.2, 0) is 13.9 Å². The van der Waals surface area contributed by atoms with Gasteiger partial charge in [0.15, 0.2) is 0 Å². The molecule has 0 radical (unpaired) electrons. The summed E-state index contributed by atoms with van der Waals surface area (Å²) in [4.78, 5) is 11.6. The number of hydrogen-bond acceptors (Lipinski definition) is 3. The molecule has 0 N–H and O–H groups in total. The van der Waals surface area contributed by atoms with Gasteiger partial charge in [0.25, 0.3) is 0 Å². The predicted molar refractivity (Wildman–Crippen MR) is 62.3 cm³/mol. The van der Waals surface area contributed by atoms with Crippen molar-refractivity contribution in [3.63, 3.8) is 0 Å². The van der Waals surface area contributed by atoms with Crippen LogP contribution in [0.2, 0.25) is 0 Å². The van der Waals surface area contributed by atoms with Crippen LogP contribution < -0.4 is 0 Å². The van der Waals surface area contributed by atoms with E-state index in [1.807, 2.05) is 13.8 Å². The van der Waals surface area contributed by atoms with Crippen LogP contribution in [-0.4, -0.2) is 25.7 Å². The van der Waals surface area contributed by atoms with Crippen molar-refractivity contribution in [1.82, 2.24) is 0 Å². The summed E-state index contributed by atoms with van der Waals surface area (Å²) in [6.07, 6.45) is 1.35. The van der Waals surface area contributed by atoms with Crippen LogP contribution in [0.1, 0.15) is 26.7 Å². The summed E-state index contributed by atoms with van der Waals surface area (Å²) in [6, 6.07) is 0. The zero-order chi connectivity index (χ0) is 11.9. The molecule has 4 heteroatoms. The average Bonchev–Trinajstić information content (AvgIpc) is 2.17. The van der Waals surface area contributed by atoms with Crippen molar-refractivity contribution < 1.29 is 13.9 Å². The number of ketones is 1. The molecule has 0 bridgehead atoms. The summed E-state index contributed by atoms with van der Waals surface area (Å²) in [5, 5.41) is 0. The van der Waals surface area contributed by atoms with Gasteiger partial charge < -0.3 is 4.52 Å². The molecule has 2 atom stereocenters. The van der Waals surface area contributed by atoms with Gasteiger partial charge in [-0.15, -0.1) is 11.8 Å². The first-order valence-corrected chi connectivity index (χ1v) is 7.29. The molecule has 2 unspecified atom stereocenters. The molecule has 0 aromatic carbocycles. The van der Waals surface area contributed by atoms with Gasteiger partial charge in [0, 0.05) is 32.5 Å². The lowest BCUT2D eigenvalue weighted by atomic mass is 10.0. The van der Waals surface area contributed by atoms with E-state index in [-0.39, 0.29) is 17.9 Å². The summed E-state index contributed by atoms with van der Waals surface area (Å²) < 4.78 is 16.3. The van der Waals surface area contributed by atoms with Crippen molar-refractivity contribution >= 4 is 13.2 Å². The van der Waals surface area contributed by atoms with E-state index in [9.17, 15) is 9.36 Å². The van der Waals surface area contributed by atoms with Crippen molar-refractivity contribution in [2.75, 3.05) is 19.9 Å². The van der Waals surface area contributed by atoms with Gasteiger partial charge >= 0.3 is 0 Å². The fraction of sp³-hybridized carbons (Fsp3) is 0.727. The van der Waals surface area contributed by atoms with Crippen LogP contribution >= 0.6 is 7.37 Å². The second-order valence-electron chi connectivity index (χ2n) is 3.63. The maximum absolute atomic E-state index is 11.6. The summed E-state index contributed by atoms with van der Waals surface area (Å²) in [6.45, 7) is 5.25. The zero-order valence-corrected chi connectivity index (χ0v) is 10.8. The van der Waals surface area contributed by atoms with Gasteiger partial charge in [0.2, 0.25) is 7.37 Å². The minimum atomic E-state index is -2.72. The number of carbonyl (C=O) groups excluding carboxylic acids is 1.